The van der Waals surface area contributed by atoms with Crippen LogP contribution in [0, 0.1) is 5.92 Å². The average Bonchev–Trinajstić information content (AvgIpc) is 2.28. The van der Waals surface area contributed by atoms with E-state index < -0.39 is 22.5 Å². The molecule has 0 spiro atoms. The number of benzene rings is 1. The highest BCUT2D eigenvalue weighted by Gasteiger charge is 2.29. The summed E-state index contributed by atoms with van der Waals surface area (Å²) in [7, 11) is -1.09. The molecule has 1 rings (SSSR count). The molecule has 0 saturated heterocycles. The van der Waals surface area contributed by atoms with E-state index in [0.29, 0.717) is 17.9 Å². The summed E-state index contributed by atoms with van der Waals surface area (Å²) < 4.78 is 48.7. The summed E-state index contributed by atoms with van der Waals surface area (Å²) in [5.41, 5.74) is 5.38. The molecule has 0 heterocycles. The Kier molecular flexibility index (Phi) is 5.34. The highest BCUT2D eigenvalue weighted by molar-refractivity contribution is 7.84. The summed E-state index contributed by atoms with van der Waals surface area (Å²) in [4.78, 5) is 0. The lowest BCUT2D eigenvalue weighted by Gasteiger charge is -2.09. The molecule has 2 N–H and O–H groups in total. The van der Waals surface area contributed by atoms with E-state index in [1.165, 1.54) is 12.1 Å². The van der Waals surface area contributed by atoms with E-state index in [2.05, 4.69) is 0 Å². The molecule has 0 aliphatic rings. The lowest BCUT2D eigenvalue weighted by molar-refractivity contribution is -0.137. The van der Waals surface area contributed by atoms with Crippen LogP contribution in [0.25, 0.3) is 0 Å². The first-order valence-corrected chi connectivity index (χ1v) is 7.03. The van der Waals surface area contributed by atoms with Crippen molar-refractivity contribution in [1.29, 1.82) is 0 Å². The van der Waals surface area contributed by atoms with Crippen molar-refractivity contribution >= 4 is 10.8 Å². The van der Waals surface area contributed by atoms with Crippen LogP contribution in [-0.2, 0) is 22.7 Å². The molecule has 18 heavy (non-hydrogen) atoms. The molecule has 0 aromatic heterocycles. The maximum atomic E-state index is 12.3. The van der Waals surface area contributed by atoms with Gasteiger partial charge in [-0.15, -0.1) is 0 Å². The van der Waals surface area contributed by atoms with Crippen molar-refractivity contribution in [2.45, 2.75) is 18.9 Å². The summed E-state index contributed by atoms with van der Waals surface area (Å²) in [6.07, 6.45) is -4.33. The second kappa shape index (κ2) is 6.33. The van der Waals surface area contributed by atoms with Gasteiger partial charge in [-0.2, -0.15) is 13.2 Å². The second-order valence-corrected chi connectivity index (χ2v) is 5.79. The zero-order valence-corrected chi connectivity index (χ0v) is 10.9. The normalized spacial score (nSPS) is 15.4. The maximum absolute atomic E-state index is 12.3. The van der Waals surface area contributed by atoms with Gasteiger partial charge < -0.3 is 5.73 Å². The third kappa shape index (κ3) is 4.78. The predicted molar refractivity (Wildman–Crippen MR) is 66.4 cm³/mol. The zero-order valence-electron chi connectivity index (χ0n) is 10.0. The predicted octanol–water partition coefficient (Wildman–Crippen LogP) is 2.55. The van der Waals surface area contributed by atoms with Crippen molar-refractivity contribution in [3.8, 4) is 0 Å². The molecule has 0 aliphatic heterocycles. The third-order valence-corrected chi connectivity index (χ3v) is 4.08. The SMILES string of the molecule is CC(CN)CS(=O)Cc1ccc(C(F)(F)F)cc1. The molecular weight excluding hydrogens is 263 g/mol. The standard InChI is InChI=1S/C12H16F3NOS/c1-9(6-16)7-18(17)8-10-2-4-11(5-3-10)12(13,14)15/h2-5,9H,6-8,16H2,1H3. The first-order chi connectivity index (χ1) is 8.32. The molecule has 0 radical (unpaired) electrons. The minimum atomic E-state index is -4.33. The van der Waals surface area contributed by atoms with Crippen LogP contribution in [0.5, 0.6) is 0 Å². The zero-order chi connectivity index (χ0) is 13.8. The first-order valence-electron chi connectivity index (χ1n) is 5.54. The molecule has 1 aromatic rings. The first kappa shape index (κ1) is 15.2. The summed E-state index contributed by atoms with van der Waals surface area (Å²) in [5, 5.41) is 0. The van der Waals surface area contributed by atoms with E-state index in [-0.39, 0.29) is 11.7 Å². The summed E-state index contributed by atoms with van der Waals surface area (Å²) >= 11 is 0. The summed E-state index contributed by atoms with van der Waals surface area (Å²) in [5.74, 6) is 0.889. The Hall–Kier alpha value is -0.880. The minimum absolute atomic E-state index is 0.153. The Morgan fingerprint density at radius 2 is 1.83 bits per heavy atom. The monoisotopic (exact) mass is 279 g/mol. The molecule has 2 unspecified atom stereocenters. The van der Waals surface area contributed by atoms with Gasteiger partial charge in [-0.25, -0.2) is 0 Å². The third-order valence-electron chi connectivity index (χ3n) is 2.48. The van der Waals surface area contributed by atoms with Crippen molar-refractivity contribution in [1.82, 2.24) is 0 Å². The summed E-state index contributed by atoms with van der Waals surface area (Å²) in [6.45, 7) is 2.35. The van der Waals surface area contributed by atoms with Crippen molar-refractivity contribution in [3.05, 3.63) is 35.4 Å². The lowest BCUT2D eigenvalue weighted by Crippen LogP contribution is -2.18. The Morgan fingerprint density at radius 1 is 1.28 bits per heavy atom. The smallest absolute Gasteiger partial charge is 0.330 e. The van der Waals surface area contributed by atoms with Crippen LogP contribution in [0.2, 0.25) is 0 Å². The highest BCUT2D eigenvalue weighted by atomic mass is 32.2. The fourth-order valence-electron chi connectivity index (χ4n) is 1.42. The Morgan fingerprint density at radius 3 is 2.28 bits per heavy atom. The van der Waals surface area contributed by atoms with Crippen molar-refractivity contribution < 1.29 is 17.4 Å². The van der Waals surface area contributed by atoms with E-state index >= 15 is 0 Å². The number of hydrogen-bond donors (Lipinski definition) is 1. The largest absolute Gasteiger partial charge is 0.416 e. The fourth-order valence-corrected chi connectivity index (χ4v) is 2.87. The van der Waals surface area contributed by atoms with Gasteiger partial charge in [0.2, 0.25) is 0 Å². The van der Waals surface area contributed by atoms with Crippen LogP contribution in [0.1, 0.15) is 18.1 Å². The number of hydrogen-bond acceptors (Lipinski definition) is 2. The van der Waals surface area contributed by atoms with Crippen LogP contribution in [0.4, 0.5) is 13.2 Å². The van der Waals surface area contributed by atoms with Crippen molar-refractivity contribution in [3.63, 3.8) is 0 Å². The number of rotatable bonds is 5. The molecular formula is C12H16F3NOS. The topological polar surface area (TPSA) is 43.1 Å². The highest BCUT2D eigenvalue weighted by Crippen LogP contribution is 2.29. The second-order valence-electron chi connectivity index (χ2n) is 4.29. The number of halogens is 3. The van der Waals surface area contributed by atoms with Gasteiger partial charge in [0, 0.05) is 22.3 Å². The molecule has 0 bridgehead atoms. The maximum Gasteiger partial charge on any atom is 0.416 e. The molecule has 0 saturated carbocycles. The van der Waals surface area contributed by atoms with E-state index in [1.807, 2.05) is 6.92 Å². The quantitative estimate of drug-likeness (QED) is 0.900. The number of alkyl halides is 3. The fraction of sp³-hybridized carbons (Fsp3) is 0.500. The molecule has 0 amide bonds. The molecule has 2 nitrogen and oxygen atoms in total. The van der Waals surface area contributed by atoms with Crippen LogP contribution < -0.4 is 5.73 Å². The van der Waals surface area contributed by atoms with Gasteiger partial charge in [0.05, 0.1) is 5.56 Å². The van der Waals surface area contributed by atoms with E-state index in [9.17, 15) is 17.4 Å². The van der Waals surface area contributed by atoms with Gasteiger partial charge in [-0.05, 0) is 30.2 Å². The van der Waals surface area contributed by atoms with Crippen LogP contribution in [0.3, 0.4) is 0 Å². The lowest BCUT2D eigenvalue weighted by atomic mass is 10.1. The van der Waals surface area contributed by atoms with E-state index in [0.717, 1.165) is 12.1 Å². The Bertz CT molecular complexity index is 403. The van der Waals surface area contributed by atoms with Gasteiger partial charge in [0.1, 0.15) is 0 Å². The Labute approximate surface area is 107 Å². The molecule has 6 heteroatoms. The minimum Gasteiger partial charge on any atom is -0.330 e. The van der Waals surface area contributed by atoms with Crippen LogP contribution in [-0.4, -0.2) is 16.5 Å². The van der Waals surface area contributed by atoms with Gasteiger partial charge in [0.25, 0.3) is 0 Å². The van der Waals surface area contributed by atoms with Crippen molar-refractivity contribution in [2.24, 2.45) is 11.7 Å². The van der Waals surface area contributed by atoms with Gasteiger partial charge in [-0.3, -0.25) is 4.21 Å². The molecule has 2 atom stereocenters. The summed E-state index contributed by atoms with van der Waals surface area (Å²) in [6, 6.07) is 4.76. The number of nitrogens with two attached hydrogens (primary N) is 1. The van der Waals surface area contributed by atoms with Crippen LogP contribution >= 0.6 is 0 Å². The van der Waals surface area contributed by atoms with E-state index in [1.54, 1.807) is 0 Å². The molecule has 102 valence electrons. The van der Waals surface area contributed by atoms with Gasteiger partial charge in [-0.1, -0.05) is 19.1 Å². The van der Waals surface area contributed by atoms with Gasteiger partial charge in [0.15, 0.2) is 0 Å². The van der Waals surface area contributed by atoms with Crippen molar-refractivity contribution in [2.75, 3.05) is 12.3 Å². The molecule has 0 fully saturated rings. The van der Waals surface area contributed by atoms with E-state index in [4.69, 9.17) is 5.73 Å². The Balaban J connectivity index is 2.61. The van der Waals surface area contributed by atoms with Crippen LogP contribution in [0.15, 0.2) is 24.3 Å². The molecule has 1 aromatic carbocycles. The average molecular weight is 279 g/mol. The molecule has 0 aliphatic carbocycles. The van der Waals surface area contributed by atoms with Gasteiger partial charge >= 0.3 is 6.18 Å².